The fourth-order valence-electron chi connectivity index (χ4n) is 6.70. The van der Waals surface area contributed by atoms with Gasteiger partial charge in [-0.2, -0.15) is 0 Å². The van der Waals surface area contributed by atoms with Crippen LogP contribution < -0.4 is 5.73 Å². The monoisotopic (exact) mass is 671 g/mol. The van der Waals surface area contributed by atoms with Crippen LogP contribution in [0.15, 0.2) is 24.3 Å². The molecule has 1 aromatic rings. The SMILES string of the molecule is CCCCCCCCCCCCCCCCCCN(CCCCCCCCCCCCCCCCCC)C(N)=O.Cc1ccccc1C. The van der Waals surface area contributed by atoms with E-state index >= 15 is 0 Å². The first kappa shape index (κ1) is 46.5. The summed E-state index contributed by atoms with van der Waals surface area (Å²) in [5.41, 5.74) is 8.39. The van der Waals surface area contributed by atoms with Gasteiger partial charge in [0.05, 0.1) is 0 Å². The van der Waals surface area contributed by atoms with Crippen molar-refractivity contribution in [1.82, 2.24) is 4.90 Å². The highest BCUT2D eigenvalue weighted by molar-refractivity contribution is 5.71. The number of unbranched alkanes of at least 4 members (excludes halogenated alkanes) is 30. The molecule has 0 atom stereocenters. The Morgan fingerprint density at radius 2 is 0.625 bits per heavy atom. The molecule has 0 spiro atoms. The molecule has 0 unspecified atom stereocenters. The summed E-state index contributed by atoms with van der Waals surface area (Å²) in [6, 6.07) is 8.14. The molecule has 2 amide bonds. The van der Waals surface area contributed by atoms with E-state index in [1.807, 2.05) is 4.90 Å². The lowest BCUT2D eigenvalue weighted by atomic mass is 10.0. The number of carbonyl (C=O) groups is 1. The van der Waals surface area contributed by atoms with Gasteiger partial charge in [0.1, 0.15) is 0 Å². The Balaban J connectivity index is 0.00000239. The van der Waals surface area contributed by atoms with Crippen molar-refractivity contribution in [2.75, 3.05) is 13.1 Å². The van der Waals surface area contributed by atoms with Crippen LogP contribution in [0.3, 0.4) is 0 Å². The molecule has 0 fully saturated rings. The number of hydrogen-bond donors (Lipinski definition) is 1. The zero-order chi connectivity index (χ0) is 35.2. The topological polar surface area (TPSA) is 46.3 Å². The van der Waals surface area contributed by atoms with Gasteiger partial charge in [-0.15, -0.1) is 0 Å². The summed E-state index contributed by atoms with van der Waals surface area (Å²) in [5.74, 6) is 0. The van der Waals surface area contributed by atoms with E-state index in [0.29, 0.717) is 0 Å². The van der Waals surface area contributed by atoms with E-state index in [4.69, 9.17) is 5.73 Å². The number of nitrogens with zero attached hydrogens (tertiary/aromatic N) is 1. The van der Waals surface area contributed by atoms with Crippen molar-refractivity contribution in [3.8, 4) is 0 Å². The molecule has 0 saturated heterocycles. The van der Waals surface area contributed by atoms with Gasteiger partial charge in [-0.1, -0.05) is 231 Å². The first-order valence-corrected chi connectivity index (χ1v) is 21.6. The van der Waals surface area contributed by atoms with E-state index < -0.39 is 0 Å². The first-order chi connectivity index (χ1) is 23.5. The number of nitrogens with two attached hydrogens (primary N) is 1. The lowest BCUT2D eigenvalue weighted by Gasteiger charge is -2.20. The van der Waals surface area contributed by atoms with Crippen molar-refractivity contribution in [3.05, 3.63) is 35.4 Å². The van der Waals surface area contributed by atoms with Gasteiger partial charge >= 0.3 is 6.03 Å². The number of aryl methyl sites for hydroxylation is 2. The van der Waals surface area contributed by atoms with E-state index in [-0.39, 0.29) is 6.03 Å². The number of amides is 2. The number of rotatable bonds is 34. The molecule has 1 aromatic carbocycles. The Kier molecular flexibility index (Phi) is 37.1. The van der Waals surface area contributed by atoms with Crippen molar-refractivity contribution in [3.63, 3.8) is 0 Å². The maximum absolute atomic E-state index is 11.8. The summed E-state index contributed by atoms with van der Waals surface area (Å²) in [5, 5.41) is 0. The third-order valence-corrected chi connectivity index (χ3v) is 10.3. The highest BCUT2D eigenvalue weighted by Crippen LogP contribution is 2.16. The van der Waals surface area contributed by atoms with Crippen LogP contribution in [0.1, 0.15) is 230 Å². The van der Waals surface area contributed by atoms with Crippen LogP contribution in [0, 0.1) is 13.8 Å². The molecular weight excluding hydrogens is 585 g/mol. The summed E-state index contributed by atoms with van der Waals surface area (Å²) in [6.07, 6.45) is 44.2. The maximum Gasteiger partial charge on any atom is 0.314 e. The summed E-state index contributed by atoms with van der Waals surface area (Å²) in [4.78, 5) is 13.7. The number of primary amides is 1. The number of carbonyl (C=O) groups excluding carboxylic acids is 1. The molecule has 0 aliphatic rings. The Morgan fingerprint density at radius 1 is 0.417 bits per heavy atom. The number of hydrogen-bond acceptors (Lipinski definition) is 1. The van der Waals surface area contributed by atoms with Gasteiger partial charge in [0.15, 0.2) is 0 Å². The standard InChI is InChI=1S/C37H76N2O.C8H10/c1-3-5-7-9-11-13-15-17-19-21-23-25-27-29-31-33-35-39(37(38)40)36-34-32-30-28-26-24-22-20-18-16-14-12-10-8-6-4-2;1-7-5-3-4-6-8(7)2/h3-36H2,1-2H3,(H2,38,40);3-6H,1-2H3. The van der Waals surface area contributed by atoms with E-state index in [1.54, 1.807) is 0 Å². The Morgan fingerprint density at radius 3 is 0.812 bits per heavy atom. The first-order valence-electron chi connectivity index (χ1n) is 21.6. The van der Waals surface area contributed by atoms with E-state index in [9.17, 15) is 4.79 Å². The van der Waals surface area contributed by atoms with Crippen molar-refractivity contribution in [1.29, 1.82) is 0 Å². The third-order valence-electron chi connectivity index (χ3n) is 10.3. The lowest BCUT2D eigenvalue weighted by Crippen LogP contribution is -2.37. The van der Waals surface area contributed by atoms with Gasteiger partial charge in [0, 0.05) is 13.1 Å². The van der Waals surface area contributed by atoms with Crippen molar-refractivity contribution in [2.45, 2.75) is 233 Å². The van der Waals surface area contributed by atoms with Crippen LogP contribution in [-0.2, 0) is 0 Å². The summed E-state index contributed by atoms with van der Waals surface area (Å²) >= 11 is 0. The minimum Gasteiger partial charge on any atom is -0.351 e. The van der Waals surface area contributed by atoms with Gasteiger partial charge < -0.3 is 10.6 Å². The van der Waals surface area contributed by atoms with Crippen molar-refractivity contribution < 1.29 is 4.79 Å². The molecule has 0 radical (unpaired) electrons. The van der Waals surface area contributed by atoms with Crippen LogP contribution in [0.25, 0.3) is 0 Å². The minimum atomic E-state index is -0.220. The van der Waals surface area contributed by atoms with Gasteiger partial charge in [-0.3, -0.25) is 0 Å². The minimum absolute atomic E-state index is 0.220. The molecule has 3 heteroatoms. The summed E-state index contributed by atoms with van der Waals surface area (Å²) < 4.78 is 0. The Labute approximate surface area is 302 Å². The summed E-state index contributed by atoms with van der Waals surface area (Å²) in [6.45, 7) is 10.5. The molecule has 2 N–H and O–H groups in total. The van der Waals surface area contributed by atoms with Gasteiger partial charge in [-0.05, 0) is 37.8 Å². The molecule has 0 bridgehead atoms. The molecule has 3 nitrogen and oxygen atoms in total. The fraction of sp³-hybridized carbons (Fsp3) is 0.844. The smallest absolute Gasteiger partial charge is 0.314 e. The van der Waals surface area contributed by atoms with E-state index in [2.05, 4.69) is 52.0 Å². The maximum atomic E-state index is 11.8. The second-order valence-electron chi connectivity index (χ2n) is 15.0. The molecule has 0 aliphatic carbocycles. The highest BCUT2D eigenvalue weighted by atomic mass is 16.2. The second kappa shape index (κ2) is 38.3. The molecule has 0 aromatic heterocycles. The predicted octanol–water partition coefficient (Wildman–Crippen LogP) is 15.2. The molecule has 0 heterocycles. The number of benzene rings is 1. The summed E-state index contributed by atoms with van der Waals surface area (Å²) in [7, 11) is 0. The van der Waals surface area contributed by atoms with Crippen LogP contribution in [-0.4, -0.2) is 24.0 Å². The van der Waals surface area contributed by atoms with E-state index in [1.165, 1.54) is 204 Å². The zero-order valence-corrected chi connectivity index (χ0v) is 33.3. The van der Waals surface area contributed by atoms with Crippen LogP contribution >= 0.6 is 0 Å². The molecular formula is C45H86N2O. The van der Waals surface area contributed by atoms with Crippen LogP contribution in [0.2, 0.25) is 0 Å². The molecule has 48 heavy (non-hydrogen) atoms. The van der Waals surface area contributed by atoms with Crippen molar-refractivity contribution in [2.24, 2.45) is 5.73 Å². The Bertz CT molecular complexity index is 721. The average Bonchev–Trinajstić information content (AvgIpc) is 3.08. The van der Waals surface area contributed by atoms with Crippen LogP contribution in [0.4, 0.5) is 4.79 Å². The molecule has 282 valence electrons. The van der Waals surface area contributed by atoms with E-state index in [0.717, 1.165) is 25.9 Å². The van der Waals surface area contributed by atoms with Crippen molar-refractivity contribution >= 4 is 6.03 Å². The quantitative estimate of drug-likeness (QED) is 0.0729. The normalized spacial score (nSPS) is 11.0. The van der Waals surface area contributed by atoms with Gasteiger partial charge in [0.25, 0.3) is 0 Å². The van der Waals surface area contributed by atoms with Gasteiger partial charge in [-0.25, -0.2) is 4.79 Å². The molecule has 0 saturated carbocycles. The largest absolute Gasteiger partial charge is 0.351 e. The molecule has 0 aliphatic heterocycles. The average molecular weight is 671 g/mol. The predicted molar refractivity (Wildman–Crippen MR) is 216 cm³/mol. The van der Waals surface area contributed by atoms with Crippen LogP contribution in [0.5, 0.6) is 0 Å². The fourth-order valence-corrected chi connectivity index (χ4v) is 6.70. The lowest BCUT2D eigenvalue weighted by molar-refractivity contribution is 0.204. The number of urea groups is 1. The zero-order valence-electron chi connectivity index (χ0n) is 33.3. The Hall–Kier alpha value is -1.51. The van der Waals surface area contributed by atoms with Gasteiger partial charge in [0.2, 0.25) is 0 Å². The highest BCUT2D eigenvalue weighted by Gasteiger charge is 2.08. The molecule has 1 rings (SSSR count). The second-order valence-corrected chi connectivity index (χ2v) is 15.0. The third kappa shape index (κ3) is 34.4.